The van der Waals surface area contributed by atoms with E-state index < -0.39 is 0 Å². The Morgan fingerprint density at radius 2 is 0.939 bits per heavy atom. The summed E-state index contributed by atoms with van der Waals surface area (Å²) in [6.45, 7) is 0. The van der Waals surface area contributed by atoms with Crippen LogP contribution in [0.2, 0.25) is 0 Å². The molecule has 0 fully saturated rings. The zero-order valence-corrected chi connectivity index (χ0v) is 19.8. The third-order valence-corrected chi connectivity index (χ3v) is 5.85. The Hall–Kier alpha value is -4.05. The van der Waals surface area contributed by atoms with Crippen molar-refractivity contribution >= 4 is 0 Å². The van der Waals surface area contributed by atoms with Gasteiger partial charge < -0.3 is 0 Å². The second-order valence-corrected chi connectivity index (χ2v) is 8.20. The van der Waals surface area contributed by atoms with E-state index in [1.165, 1.54) is 33.6 Å². The minimum absolute atomic E-state index is 1.22. The lowest BCUT2D eigenvalue weighted by molar-refractivity contribution is -0.740. The summed E-state index contributed by atoms with van der Waals surface area (Å²) in [4.78, 5) is 0. The smallest absolute Gasteiger partial charge is 0.208 e. The molecule has 0 bridgehead atoms. The molecule has 0 N–H and O–H groups in total. The maximum atomic E-state index is 2.24. The molecule has 4 heteroatoms. The van der Waals surface area contributed by atoms with E-state index in [-0.39, 0.29) is 0 Å². The van der Waals surface area contributed by atoms with Crippen LogP contribution >= 0.6 is 0 Å². The maximum absolute atomic E-state index is 2.24. The summed E-state index contributed by atoms with van der Waals surface area (Å²) >= 11 is 0. The lowest BCUT2D eigenvalue weighted by atomic mass is 10.1. The second kappa shape index (κ2) is 10.0. The molecule has 4 nitrogen and oxygen atoms in total. The Morgan fingerprint density at radius 1 is 0.515 bits per heavy atom. The number of hydrogen-bond acceptors (Lipinski definition) is 0. The first-order chi connectivity index (χ1) is 16.0. The van der Waals surface area contributed by atoms with Crippen LogP contribution in [0.25, 0.3) is 33.6 Å². The van der Waals surface area contributed by atoms with Crippen LogP contribution in [0, 0.1) is 0 Å². The molecule has 0 saturated carbocycles. The Bertz CT molecular complexity index is 1200. The molecule has 3 aromatic heterocycles. The van der Waals surface area contributed by atoms with Crippen LogP contribution in [0.5, 0.6) is 0 Å². The molecular weight excluding hydrogens is 404 g/mol. The van der Waals surface area contributed by atoms with Gasteiger partial charge in [0.25, 0.3) is 0 Å². The van der Waals surface area contributed by atoms with Gasteiger partial charge in [-0.15, -0.1) is 4.68 Å². The molecule has 33 heavy (non-hydrogen) atoms. The van der Waals surface area contributed by atoms with Crippen LogP contribution in [0.1, 0.15) is 0 Å². The molecule has 0 amide bonds. The molecule has 0 spiro atoms. The maximum Gasteiger partial charge on any atom is 0.238 e. The van der Waals surface area contributed by atoms with Crippen molar-refractivity contribution in [2.45, 2.75) is 0 Å². The Balaban J connectivity index is 0.000000165. The Kier molecular flexibility index (Phi) is 6.75. The second-order valence-electron chi connectivity index (χ2n) is 8.20. The summed E-state index contributed by atoms with van der Waals surface area (Å²) in [5.41, 5.74) is 7.43. The number of nitrogens with zero attached hydrogens (tertiary/aromatic N) is 4. The van der Waals surface area contributed by atoms with Gasteiger partial charge in [-0.3, -0.25) is 0 Å². The van der Waals surface area contributed by atoms with Crippen molar-refractivity contribution in [3.05, 3.63) is 116 Å². The van der Waals surface area contributed by atoms with Crippen molar-refractivity contribution in [2.24, 2.45) is 28.2 Å². The van der Waals surface area contributed by atoms with Crippen molar-refractivity contribution in [1.29, 1.82) is 0 Å². The number of hydrogen-bond donors (Lipinski definition) is 0. The largest absolute Gasteiger partial charge is 0.238 e. The van der Waals surface area contributed by atoms with Crippen LogP contribution in [0.15, 0.2) is 116 Å². The van der Waals surface area contributed by atoms with Crippen molar-refractivity contribution in [1.82, 2.24) is 4.68 Å². The van der Waals surface area contributed by atoms with E-state index >= 15 is 0 Å². The number of aryl methyl sites for hydroxylation is 2. The number of aromatic nitrogens is 4. The van der Waals surface area contributed by atoms with Gasteiger partial charge in [0.1, 0.15) is 19.8 Å². The molecule has 0 unspecified atom stereocenters. The SMILES string of the molecule is C[n+]1ccc(-c2cc[n+](C)cc2)cc1.Cn1c(-c2ccccc2)cc(-c2ccccc2)[n+]1C. The van der Waals surface area contributed by atoms with Crippen LogP contribution in [0.4, 0.5) is 0 Å². The summed E-state index contributed by atoms with van der Waals surface area (Å²) in [6.07, 6.45) is 8.23. The van der Waals surface area contributed by atoms with Gasteiger partial charge in [0, 0.05) is 41.5 Å². The fraction of sp³-hybridized carbons (Fsp3) is 0.138. The summed E-state index contributed by atoms with van der Waals surface area (Å²) in [5, 5.41) is 0. The monoisotopic (exact) mass is 435 g/mol. The number of pyridine rings is 2. The van der Waals surface area contributed by atoms with Crippen LogP contribution in [-0.4, -0.2) is 4.68 Å². The fourth-order valence-corrected chi connectivity index (χ4v) is 3.78. The van der Waals surface area contributed by atoms with Crippen LogP contribution in [0.3, 0.4) is 0 Å². The van der Waals surface area contributed by atoms with Gasteiger partial charge in [-0.1, -0.05) is 48.5 Å². The molecule has 0 aliphatic carbocycles. The summed E-state index contributed by atoms with van der Waals surface area (Å²) in [6, 6.07) is 31.7. The zero-order valence-electron chi connectivity index (χ0n) is 19.8. The molecule has 5 aromatic rings. The van der Waals surface area contributed by atoms with E-state index in [1.807, 2.05) is 35.4 Å². The molecule has 164 valence electrons. The third kappa shape index (κ3) is 5.24. The van der Waals surface area contributed by atoms with Gasteiger partial charge in [-0.05, 0) is 23.3 Å². The highest BCUT2D eigenvalue weighted by atomic mass is 15.4. The molecule has 0 aliphatic heterocycles. The van der Waals surface area contributed by atoms with Gasteiger partial charge in [0.2, 0.25) is 5.69 Å². The first-order valence-electron chi connectivity index (χ1n) is 11.1. The van der Waals surface area contributed by atoms with E-state index in [9.17, 15) is 0 Å². The van der Waals surface area contributed by atoms with E-state index in [0.717, 1.165) is 0 Å². The van der Waals surface area contributed by atoms with Gasteiger partial charge >= 0.3 is 0 Å². The van der Waals surface area contributed by atoms with Gasteiger partial charge in [0.05, 0.1) is 7.05 Å². The fourth-order valence-electron chi connectivity index (χ4n) is 3.78. The van der Waals surface area contributed by atoms with Gasteiger partial charge in [-0.2, -0.15) is 4.68 Å². The summed E-state index contributed by atoms with van der Waals surface area (Å²) in [7, 11) is 8.23. The first-order valence-corrected chi connectivity index (χ1v) is 11.1. The highest BCUT2D eigenvalue weighted by molar-refractivity contribution is 5.66. The predicted molar refractivity (Wildman–Crippen MR) is 132 cm³/mol. The van der Waals surface area contributed by atoms with Crippen molar-refractivity contribution < 1.29 is 13.8 Å². The topological polar surface area (TPSA) is 16.6 Å². The van der Waals surface area contributed by atoms with E-state index in [1.54, 1.807) is 0 Å². The lowest BCUT2D eigenvalue weighted by Crippen LogP contribution is -2.39. The quantitative estimate of drug-likeness (QED) is 0.378. The van der Waals surface area contributed by atoms with Gasteiger partial charge in [0.15, 0.2) is 31.8 Å². The average Bonchev–Trinajstić information content (AvgIpc) is 3.16. The van der Waals surface area contributed by atoms with Crippen molar-refractivity contribution in [3.8, 4) is 33.6 Å². The lowest BCUT2D eigenvalue weighted by Gasteiger charge is -1.99. The minimum Gasteiger partial charge on any atom is -0.208 e. The summed E-state index contributed by atoms with van der Waals surface area (Å²) in [5.74, 6) is 0. The van der Waals surface area contributed by atoms with Crippen molar-refractivity contribution in [2.75, 3.05) is 0 Å². The molecule has 0 aliphatic rings. The van der Waals surface area contributed by atoms with E-state index in [2.05, 4.69) is 127 Å². The molecule has 3 heterocycles. The Morgan fingerprint density at radius 3 is 1.39 bits per heavy atom. The van der Waals surface area contributed by atoms with Crippen LogP contribution < -0.4 is 13.8 Å². The van der Waals surface area contributed by atoms with Crippen molar-refractivity contribution in [3.63, 3.8) is 0 Å². The third-order valence-electron chi connectivity index (χ3n) is 5.85. The molecule has 0 atom stereocenters. The molecule has 0 radical (unpaired) electrons. The summed E-state index contributed by atoms with van der Waals surface area (Å²) < 4.78 is 8.42. The number of rotatable bonds is 3. The van der Waals surface area contributed by atoms with Gasteiger partial charge in [-0.25, -0.2) is 9.13 Å². The zero-order chi connectivity index (χ0) is 23.2. The normalized spacial score (nSPS) is 10.4. The standard InChI is InChI=1S/C17H17N2.C12H14N2/c1-18-16(14-9-5-3-6-10-14)13-17(19(18)2)15-11-7-4-8-12-15;1-13-7-3-11(4-8-13)12-5-9-14(2)10-6-12/h3-13H,1-2H3;3-10H,1-2H3/q+1;+2. The highest BCUT2D eigenvalue weighted by Crippen LogP contribution is 2.23. The Labute approximate surface area is 196 Å². The predicted octanol–water partition coefficient (Wildman–Crippen LogP) is 4.19. The molecule has 2 aromatic carbocycles. The van der Waals surface area contributed by atoms with E-state index in [0.29, 0.717) is 0 Å². The average molecular weight is 436 g/mol. The van der Waals surface area contributed by atoms with E-state index in [4.69, 9.17) is 0 Å². The first kappa shape index (κ1) is 22.2. The highest BCUT2D eigenvalue weighted by Gasteiger charge is 2.19. The number of benzene rings is 2. The molecular formula is C29H31N4+3. The van der Waals surface area contributed by atoms with Crippen LogP contribution in [-0.2, 0) is 28.2 Å². The minimum atomic E-state index is 1.22. The molecule has 5 rings (SSSR count). The molecule has 0 saturated heterocycles.